The average Bonchev–Trinajstić information content (AvgIpc) is 2.79. The smallest absolute Gasteiger partial charge is 0.0971 e. The first-order chi connectivity index (χ1) is 14.3. The number of hydrogen-bond acceptors (Lipinski definition) is 1. The molecular formula is C27H25ClO. The van der Waals surface area contributed by atoms with E-state index in [1.807, 2.05) is 18.2 Å². The first-order valence-corrected chi connectivity index (χ1v) is 10.6. The zero-order valence-corrected chi connectivity index (χ0v) is 17.2. The molecule has 3 aromatic rings. The van der Waals surface area contributed by atoms with Crippen molar-refractivity contribution in [1.82, 2.24) is 0 Å². The van der Waals surface area contributed by atoms with Gasteiger partial charge in [0.25, 0.3) is 0 Å². The maximum Gasteiger partial charge on any atom is 0.0971 e. The SMILES string of the molecule is Clc1ccc(C(=C=CCC2(c3ccccc3)CCCCO2)c2ccccc2)cc1. The summed E-state index contributed by atoms with van der Waals surface area (Å²) in [6.45, 7) is 0.815. The van der Waals surface area contributed by atoms with Crippen LogP contribution in [0.3, 0.4) is 0 Å². The molecule has 0 N–H and O–H groups in total. The highest BCUT2D eigenvalue weighted by Crippen LogP contribution is 2.38. The summed E-state index contributed by atoms with van der Waals surface area (Å²) in [6, 6.07) is 29.0. The van der Waals surface area contributed by atoms with Crippen molar-refractivity contribution < 1.29 is 4.74 Å². The molecular weight excluding hydrogens is 376 g/mol. The summed E-state index contributed by atoms with van der Waals surface area (Å²) in [5, 5.41) is 0.740. The number of halogens is 1. The van der Waals surface area contributed by atoms with Crippen molar-refractivity contribution in [1.29, 1.82) is 0 Å². The maximum atomic E-state index is 6.36. The minimum Gasteiger partial charge on any atom is -0.370 e. The molecule has 1 aliphatic heterocycles. The summed E-state index contributed by atoms with van der Waals surface area (Å²) < 4.78 is 6.36. The highest BCUT2D eigenvalue weighted by Gasteiger charge is 2.33. The van der Waals surface area contributed by atoms with E-state index < -0.39 is 0 Å². The summed E-state index contributed by atoms with van der Waals surface area (Å²) in [7, 11) is 0. The number of benzene rings is 3. The quantitative estimate of drug-likeness (QED) is 0.405. The second kappa shape index (κ2) is 9.29. The van der Waals surface area contributed by atoms with E-state index in [4.69, 9.17) is 16.3 Å². The molecule has 4 rings (SSSR count). The second-order valence-electron chi connectivity index (χ2n) is 7.47. The molecule has 1 nitrogen and oxygen atoms in total. The van der Waals surface area contributed by atoms with Crippen LogP contribution in [0, 0.1) is 0 Å². The van der Waals surface area contributed by atoms with E-state index in [0.717, 1.165) is 47.6 Å². The van der Waals surface area contributed by atoms with Gasteiger partial charge in [0.2, 0.25) is 0 Å². The van der Waals surface area contributed by atoms with Crippen LogP contribution in [0.2, 0.25) is 5.02 Å². The van der Waals surface area contributed by atoms with Crippen molar-refractivity contribution in [3.8, 4) is 0 Å². The van der Waals surface area contributed by atoms with Crippen molar-refractivity contribution in [2.24, 2.45) is 0 Å². The molecule has 0 saturated carbocycles. The normalized spacial score (nSPS) is 18.7. The van der Waals surface area contributed by atoms with Crippen molar-refractivity contribution in [2.45, 2.75) is 31.3 Å². The van der Waals surface area contributed by atoms with Crippen LogP contribution in [0.4, 0.5) is 0 Å². The first kappa shape index (κ1) is 19.7. The Balaban J connectivity index is 1.72. The van der Waals surface area contributed by atoms with Gasteiger partial charge in [0, 0.05) is 23.6 Å². The van der Waals surface area contributed by atoms with Crippen LogP contribution >= 0.6 is 11.6 Å². The molecule has 3 aromatic carbocycles. The van der Waals surface area contributed by atoms with Crippen LogP contribution in [0.5, 0.6) is 0 Å². The van der Waals surface area contributed by atoms with E-state index in [1.54, 1.807) is 0 Å². The molecule has 1 unspecified atom stereocenters. The lowest BCUT2D eigenvalue weighted by molar-refractivity contribution is -0.0818. The lowest BCUT2D eigenvalue weighted by atomic mass is 9.83. The van der Waals surface area contributed by atoms with Gasteiger partial charge in [-0.2, -0.15) is 0 Å². The van der Waals surface area contributed by atoms with Crippen molar-refractivity contribution in [3.63, 3.8) is 0 Å². The fraction of sp³-hybridized carbons (Fsp3) is 0.222. The Morgan fingerprint density at radius 3 is 2.17 bits per heavy atom. The summed E-state index contributed by atoms with van der Waals surface area (Å²) in [5.74, 6) is 0. The van der Waals surface area contributed by atoms with E-state index in [2.05, 4.69) is 78.5 Å². The third-order valence-corrected chi connectivity index (χ3v) is 5.78. The highest BCUT2D eigenvalue weighted by molar-refractivity contribution is 6.30. The van der Waals surface area contributed by atoms with Gasteiger partial charge in [-0.05, 0) is 54.2 Å². The molecule has 1 fully saturated rings. The molecule has 29 heavy (non-hydrogen) atoms. The molecule has 1 saturated heterocycles. The molecule has 146 valence electrons. The minimum absolute atomic E-state index is 0.256. The Hall–Kier alpha value is -2.57. The van der Waals surface area contributed by atoms with Gasteiger partial charge >= 0.3 is 0 Å². The van der Waals surface area contributed by atoms with E-state index in [9.17, 15) is 0 Å². The highest BCUT2D eigenvalue weighted by atomic mass is 35.5. The maximum absolute atomic E-state index is 6.36. The predicted molar refractivity (Wildman–Crippen MR) is 121 cm³/mol. The fourth-order valence-electron chi connectivity index (χ4n) is 3.97. The van der Waals surface area contributed by atoms with Crippen LogP contribution in [-0.2, 0) is 10.3 Å². The van der Waals surface area contributed by atoms with Crippen LogP contribution in [0.25, 0.3) is 5.57 Å². The van der Waals surface area contributed by atoms with Gasteiger partial charge in [0.1, 0.15) is 0 Å². The molecule has 0 radical (unpaired) electrons. The molecule has 0 amide bonds. The van der Waals surface area contributed by atoms with E-state index >= 15 is 0 Å². The summed E-state index contributed by atoms with van der Waals surface area (Å²) >= 11 is 6.10. The van der Waals surface area contributed by atoms with Gasteiger partial charge in [-0.25, -0.2) is 0 Å². The largest absolute Gasteiger partial charge is 0.370 e. The Labute approximate surface area is 178 Å². The molecule has 1 heterocycles. The van der Waals surface area contributed by atoms with Crippen LogP contribution in [0.1, 0.15) is 42.4 Å². The van der Waals surface area contributed by atoms with Crippen molar-refractivity contribution >= 4 is 17.2 Å². The molecule has 1 aliphatic rings. The Bertz CT molecular complexity index is 978. The molecule has 2 heteroatoms. The first-order valence-electron chi connectivity index (χ1n) is 10.2. The predicted octanol–water partition coefficient (Wildman–Crippen LogP) is 7.41. The lowest BCUT2D eigenvalue weighted by Crippen LogP contribution is -2.33. The Kier molecular flexibility index (Phi) is 6.32. The summed E-state index contributed by atoms with van der Waals surface area (Å²) in [4.78, 5) is 0. The summed E-state index contributed by atoms with van der Waals surface area (Å²) in [5.41, 5.74) is 7.90. The molecule has 0 aromatic heterocycles. The van der Waals surface area contributed by atoms with Gasteiger partial charge in [-0.1, -0.05) is 84.4 Å². The number of rotatable bonds is 5. The Morgan fingerprint density at radius 1 is 0.862 bits per heavy atom. The average molecular weight is 401 g/mol. The van der Waals surface area contributed by atoms with Gasteiger partial charge < -0.3 is 4.74 Å². The van der Waals surface area contributed by atoms with Gasteiger partial charge in [0.05, 0.1) is 5.60 Å². The zero-order chi connectivity index (χ0) is 19.9. The van der Waals surface area contributed by atoms with Gasteiger partial charge in [-0.15, -0.1) is 5.73 Å². The van der Waals surface area contributed by atoms with Crippen LogP contribution in [0.15, 0.2) is 96.7 Å². The monoisotopic (exact) mass is 400 g/mol. The van der Waals surface area contributed by atoms with Gasteiger partial charge in [-0.3, -0.25) is 0 Å². The third kappa shape index (κ3) is 4.71. The molecule has 0 aliphatic carbocycles. The van der Waals surface area contributed by atoms with Crippen LogP contribution < -0.4 is 0 Å². The second-order valence-corrected chi connectivity index (χ2v) is 7.90. The summed E-state index contributed by atoms with van der Waals surface area (Å²) in [6.07, 6.45) is 6.32. The molecule has 0 spiro atoms. The number of hydrogen-bond donors (Lipinski definition) is 0. The van der Waals surface area contributed by atoms with E-state index in [-0.39, 0.29) is 5.60 Å². The fourth-order valence-corrected chi connectivity index (χ4v) is 4.10. The van der Waals surface area contributed by atoms with Crippen molar-refractivity contribution in [3.05, 3.63) is 118 Å². The van der Waals surface area contributed by atoms with Crippen LogP contribution in [-0.4, -0.2) is 6.61 Å². The third-order valence-electron chi connectivity index (χ3n) is 5.53. The molecule has 1 atom stereocenters. The zero-order valence-electron chi connectivity index (χ0n) is 16.5. The number of ether oxygens (including phenoxy) is 1. The van der Waals surface area contributed by atoms with E-state index in [0.29, 0.717) is 0 Å². The van der Waals surface area contributed by atoms with E-state index in [1.165, 1.54) is 12.0 Å². The lowest BCUT2D eigenvalue weighted by Gasteiger charge is -2.37. The van der Waals surface area contributed by atoms with Crippen molar-refractivity contribution in [2.75, 3.05) is 6.61 Å². The topological polar surface area (TPSA) is 9.23 Å². The standard InChI is InChI=1S/C27H25ClO/c28-25-17-15-23(16-18-25)26(22-10-3-1-4-11-22)14-9-20-27(19-7-8-21-29-27)24-12-5-2-6-13-24/h1-6,9-13,15-18H,7-8,19-21H2. The minimum atomic E-state index is -0.256. The molecule has 0 bridgehead atoms. The van der Waals surface area contributed by atoms with Gasteiger partial charge in [0.15, 0.2) is 0 Å². The Morgan fingerprint density at radius 2 is 1.52 bits per heavy atom.